The highest BCUT2D eigenvalue weighted by Crippen LogP contribution is 2.44. The fourth-order valence-electron chi connectivity index (χ4n) is 6.03. The van der Waals surface area contributed by atoms with Crippen molar-refractivity contribution in [3.63, 3.8) is 0 Å². The molecule has 1 saturated heterocycles. The predicted octanol–water partition coefficient (Wildman–Crippen LogP) is 4.99. The lowest BCUT2D eigenvalue weighted by Gasteiger charge is -2.38. The topological polar surface area (TPSA) is 108 Å². The molecule has 0 atom stereocenters. The molecular formula is C28H35N3O4S. The molecule has 36 heavy (non-hydrogen) atoms. The van der Waals surface area contributed by atoms with Crippen molar-refractivity contribution < 1.29 is 14.3 Å². The van der Waals surface area contributed by atoms with E-state index in [9.17, 15) is 14.7 Å². The van der Waals surface area contributed by atoms with Crippen LogP contribution in [0.2, 0.25) is 0 Å². The highest BCUT2D eigenvalue weighted by atomic mass is 32.2. The summed E-state index contributed by atoms with van der Waals surface area (Å²) in [6.07, 6.45) is 8.02. The Labute approximate surface area is 215 Å². The van der Waals surface area contributed by atoms with Gasteiger partial charge in [0, 0.05) is 30.9 Å². The minimum atomic E-state index is -0.664. The quantitative estimate of drug-likeness (QED) is 0.414. The summed E-state index contributed by atoms with van der Waals surface area (Å²) in [5.41, 5.74) is 0.871. The monoisotopic (exact) mass is 509 g/mol. The third kappa shape index (κ3) is 5.19. The van der Waals surface area contributed by atoms with Crippen molar-refractivity contribution in [3.05, 3.63) is 57.9 Å². The lowest BCUT2D eigenvalue weighted by Crippen LogP contribution is -2.44. The van der Waals surface area contributed by atoms with Gasteiger partial charge in [0.25, 0.3) is 0 Å². The van der Waals surface area contributed by atoms with Crippen LogP contribution >= 0.6 is 11.8 Å². The maximum absolute atomic E-state index is 13.4. The van der Waals surface area contributed by atoms with Gasteiger partial charge in [-0.3, -0.25) is 9.59 Å². The average Bonchev–Trinajstić information content (AvgIpc) is 3.28. The molecule has 0 radical (unpaired) electrons. The molecule has 2 aliphatic rings. The molecule has 2 fully saturated rings. The number of para-hydroxylation sites is 2. The number of aryl methyl sites for hydroxylation is 1. The first-order valence-electron chi connectivity index (χ1n) is 13.0. The van der Waals surface area contributed by atoms with Gasteiger partial charge in [-0.25, -0.2) is 4.98 Å². The van der Waals surface area contributed by atoms with Crippen LogP contribution in [0.5, 0.6) is 5.75 Å². The highest BCUT2D eigenvalue weighted by Gasteiger charge is 2.42. The first-order valence-corrected chi connectivity index (χ1v) is 14.2. The lowest BCUT2D eigenvalue weighted by molar-refractivity contribution is -0.123. The van der Waals surface area contributed by atoms with Gasteiger partial charge in [-0.15, -0.1) is 0 Å². The van der Waals surface area contributed by atoms with Gasteiger partial charge in [-0.05, 0) is 61.7 Å². The standard InChI is InChI=1S/C28H35N3O4S/c1-19-15-22(32)25(34)26(35-19)28(11-13-36-14-12-28)17-24(33)29-18-27(9-5-2-6-10-27)16-23-30-20-7-3-4-8-21(20)31-23/h3-4,7-8,15,34H,2,5-6,9-14,16-18H2,1H3,(H,29,33)(H,30,31). The molecule has 1 aliphatic heterocycles. The van der Waals surface area contributed by atoms with E-state index in [0.717, 1.165) is 60.5 Å². The molecular weight excluding hydrogens is 474 g/mol. The number of fused-ring (bicyclic) bond motifs is 1. The zero-order chi connectivity index (χ0) is 25.2. The van der Waals surface area contributed by atoms with Crippen LogP contribution < -0.4 is 10.7 Å². The van der Waals surface area contributed by atoms with Crippen LogP contribution in [0, 0.1) is 12.3 Å². The number of carbonyl (C=O) groups is 1. The molecule has 0 unspecified atom stereocenters. The Morgan fingerprint density at radius 1 is 1.17 bits per heavy atom. The molecule has 1 aromatic carbocycles. The maximum atomic E-state index is 13.4. The number of rotatable bonds is 7. The number of imidazole rings is 1. The number of carbonyl (C=O) groups excluding carboxylic acids is 1. The Morgan fingerprint density at radius 3 is 2.67 bits per heavy atom. The van der Waals surface area contributed by atoms with Crippen LogP contribution in [0.15, 0.2) is 39.5 Å². The first-order chi connectivity index (χ1) is 17.4. The van der Waals surface area contributed by atoms with Gasteiger partial charge in [-0.1, -0.05) is 31.4 Å². The number of H-pyrrole nitrogens is 1. The van der Waals surface area contributed by atoms with E-state index >= 15 is 0 Å². The average molecular weight is 510 g/mol. The van der Waals surface area contributed by atoms with Gasteiger partial charge < -0.3 is 19.8 Å². The summed E-state index contributed by atoms with van der Waals surface area (Å²) in [4.78, 5) is 34.0. The Kier molecular flexibility index (Phi) is 7.15. The zero-order valence-electron chi connectivity index (χ0n) is 20.9. The summed E-state index contributed by atoms with van der Waals surface area (Å²) >= 11 is 1.83. The number of aromatic hydroxyl groups is 1. The molecule has 5 rings (SSSR count). The van der Waals surface area contributed by atoms with Crippen molar-refractivity contribution in [3.8, 4) is 5.75 Å². The molecule has 3 N–H and O–H groups in total. The minimum Gasteiger partial charge on any atom is -0.502 e. The SMILES string of the molecule is Cc1cc(=O)c(O)c(C2(CC(=O)NCC3(Cc4nc5ccccc5[nH]4)CCCCC3)CCSCC2)o1. The third-order valence-corrected chi connectivity index (χ3v) is 9.02. The number of nitrogens with one attached hydrogen (secondary N) is 2. The van der Waals surface area contributed by atoms with Crippen molar-refractivity contribution in [1.82, 2.24) is 15.3 Å². The van der Waals surface area contributed by atoms with Gasteiger partial charge >= 0.3 is 0 Å². The van der Waals surface area contributed by atoms with Crippen molar-refractivity contribution in [2.45, 2.75) is 70.1 Å². The van der Waals surface area contributed by atoms with Crippen LogP contribution in [0.4, 0.5) is 0 Å². The van der Waals surface area contributed by atoms with Crippen molar-refractivity contribution in [1.29, 1.82) is 0 Å². The molecule has 0 spiro atoms. The number of aromatic amines is 1. The molecule has 1 amide bonds. The smallest absolute Gasteiger partial charge is 0.227 e. The van der Waals surface area contributed by atoms with Crippen LogP contribution in [-0.2, 0) is 16.6 Å². The normalized spacial score (nSPS) is 19.2. The number of nitrogens with zero attached hydrogens (tertiary/aromatic N) is 1. The van der Waals surface area contributed by atoms with Gasteiger partial charge in [0.2, 0.25) is 17.1 Å². The number of hydrogen-bond acceptors (Lipinski definition) is 6. The van der Waals surface area contributed by atoms with Crippen LogP contribution in [-0.4, -0.2) is 39.0 Å². The third-order valence-electron chi connectivity index (χ3n) is 8.03. The Morgan fingerprint density at radius 2 is 1.92 bits per heavy atom. The first kappa shape index (κ1) is 24.9. The van der Waals surface area contributed by atoms with E-state index in [2.05, 4.69) is 10.3 Å². The van der Waals surface area contributed by atoms with E-state index in [-0.39, 0.29) is 29.3 Å². The number of aromatic nitrogens is 2. The summed E-state index contributed by atoms with van der Waals surface area (Å²) in [5, 5.41) is 13.8. The molecule has 0 bridgehead atoms. The van der Waals surface area contributed by atoms with E-state index in [1.54, 1.807) is 6.92 Å². The second-order valence-electron chi connectivity index (χ2n) is 10.7. The van der Waals surface area contributed by atoms with Crippen LogP contribution in [0.3, 0.4) is 0 Å². The van der Waals surface area contributed by atoms with Crippen molar-refractivity contribution >= 4 is 28.7 Å². The van der Waals surface area contributed by atoms with Gasteiger partial charge in [0.15, 0.2) is 5.76 Å². The van der Waals surface area contributed by atoms with E-state index < -0.39 is 10.8 Å². The predicted molar refractivity (Wildman–Crippen MR) is 143 cm³/mol. The molecule has 192 valence electrons. The molecule has 7 nitrogen and oxygen atoms in total. The van der Waals surface area contributed by atoms with Gasteiger partial charge in [-0.2, -0.15) is 11.8 Å². The Bertz CT molecular complexity index is 1250. The number of benzene rings is 1. The van der Waals surface area contributed by atoms with E-state index in [1.807, 2.05) is 36.0 Å². The summed E-state index contributed by atoms with van der Waals surface area (Å²) in [5.74, 6) is 3.02. The lowest BCUT2D eigenvalue weighted by atomic mass is 9.71. The van der Waals surface area contributed by atoms with E-state index in [1.165, 1.54) is 12.5 Å². The number of thioether (sulfide) groups is 1. The van der Waals surface area contributed by atoms with E-state index in [4.69, 9.17) is 9.40 Å². The van der Waals surface area contributed by atoms with Crippen LogP contribution in [0.1, 0.15) is 68.7 Å². The summed E-state index contributed by atoms with van der Waals surface area (Å²) in [6.45, 7) is 2.30. The summed E-state index contributed by atoms with van der Waals surface area (Å²) in [7, 11) is 0. The van der Waals surface area contributed by atoms with E-state index in [0.29, 0.717) is 25.1 Å². The molecule has 3 heterocycles. The Balaban J connectivity index is 1.34. The van der Waals surface area contributed by atoms with Crippen molar-refractivity contribution in [2.75, 3.05) is 18.1 Å². The fourth-order valence-corrected chi connectivity index (χ4v) is 7.30. The maximum Gasteiger partial charge on any atom is 0.227 e. The largest absolute Gasteiger partial charge is 0.502 e. The number of hydrogen-bond donors (Lipinski definition) is 3. The summed E-state index contributed by atoms with van der Waals surface area (Å²) < 4.78 is 5.90. The van der Waals surface area contributed by atoms with Gasteiger partial charge in [0.05, 0.1) is 11.0 Å². The molecule has 1 saturated carbocycles. The number of amides is 1. The fraction of sp³-hybridized carbons (Fsp3) is 0.536. The zero-order valence-corrected chi connectivity index (χ0v) is 21.7. The van der Waals surface area contributed by atoms with Gasteiger partial charge in [0.1, 0.15) is 11.6 Å². The molecule has 1 aliphatic carbocycles. The van der Waals surface area contributed by atoms with Crippen LogP contribution in [0.25, 0.3) is 11.0 Å². The summed E-state index contributed by atoms with van der Waals surface area (Å²) in [6, 6.07) is 9.37. The van der Waals surface area contributed by atoms with Crippen molar-refractivity contribution in [2.24, 2.45) is 5.41 Å². The molecule has 3 aromatic rings. The highest BCUT2D eigenvalue weighted by molar-refractivity contribution is 7.99. The molecule has 8 heteroatoms. The second kappa shape index (κ2) is 10.3. The molecule has 2 aromatic heterocycles. The Hall–Kier alpha value is -2.74. The minimum absolute atomic E-state index is 0.0323. The second-order valence-corrected chi connectivity index (χ2v) is 11.9.